The maximum atomic E-state index is 10.9. The monoisotopic (exact) mass is 418 g/mol. The molecule has 2 rings (SSSR count). The number of aliphatic hydroxyl groups excluding tert-OH is 3. The number of halogens is 2. The summed E-state index contributed by atoms with van der Waals surface area (Å²) in [5.41, 5.74) is 0.572. The minimum Gasteiger partial charge on any atom is -0.479 e. The lowest BCUT2D eigenvalue weighted by atomic mass is 10.1. The van der Waals surface area contributed by atoms with Gasteiger partial charge in [-0.1, -0.05) is 59.6 Å². The van der Waals surface area contributed by atoms with Crippen LogP contribution in [0.15, 0.2) is 48.5 Å². The zero-order valence-corrected chi connectivity index (χ0v) is 16.1. The van der Waals surface area contributed by atoms with Gasteiger partial charge in [-0.05, 0) is 12.1 Å². The van der Waals surface area contributed by atoms with Crippen LogP contribution >= 0.6 is 23.2 Å². The Hall–Kier alpha value is -2.16. The number of aliphatic hydroxyl groups is 3. The van der Waals surface area contributed by atoms with Crippen molar-refractivity contribution in [2.24, 2.45) is 0 Å². The maximum absolute atomic E-state index is 10.9. The molecule has 2 aromatic rings. The Morgan fingerprint density at radius 1 is 0.852 bits per heavy atom. The third-order valence-corrected chi connectivity index (χ3v) is 3.75. The fourth-order valence-electron chi connectivity index (χ4n) is 1.77. The van der Waals surface area contributed by atoms with E-state index >= 15 is 0 Å². The number of carboxylic acid groups (broad SMARTS) is 1. The second-order valence-corrected chi connectivity index (χ2v) is 5.52. The Bertz CT molecular complexity index is 737. The molecule has 0 aliphatic carbocycles. The molecule has 0 saturated carbocycles. The molecule has 9 heteroatoms. The standard InChI is InChI=1S/C9H9ClO3.C8H7ClO3.CH4O/c1-13-9(12)8(11)6-4-2-3-5-7(6)10;9-6-4-2-1-3-5(6)7(10)8(11)12;1-2/h2-5,8,11H,1H3;1-4,7,10H,(H,11,12);2H,1H3/t8-;7-;/m11./s1. The van der Waals surface area contributed by atoms with Gasteiger partial charge in [0.15, 0.2) is 12.2 Å². The van der Waals surface area contributed by atoms with Crippen molar-refractivity contribution in [3.8, 4) is 0 Å². The summed E-state index contributed by atoms with van der Waals surface area (Å²) in [6.07, 6.45) is -2.85. The number of carboxylic acids is 1. The Kier molecular flexibility index (Phi) is 12.0. The summed E-state index contributed by atoms with van der Waals surface area (Å²) >= 11 is 11.4. The third-order valence-electron chi connectivity index (χ3n) is 3.06. The lowest BCUT2D eigenvalue weighted by molar-refractivity contribution is -0.150. The first-order valence-electron chi connectivity index (χ1n) is 7.40. The van der Waals surface area contributed by atoms with Crippen molar-refractivity contribution in [2.45, 2.75) is 12.2 Å². The van der Waals surface area contributed by atoms with E-state index in [0.717, 1.165) is 7.11 Å². The van der Waals surface area contributed by atoms with Crippen molar-refractivity contribution in [2.75, 3.05) is 14.2 Å². The Morgan fingerprint density at radius 3 is 1.56 bits per heavy atom. The number of methoxy groups -OCH3 is 1. The van der Waals surface area contributed by atoms with Crippen LogP contribution in [0.25, 0.3) is 0 Å². The largest absolute Gasteiger partial charge is 0.479 e. The molecule has 0 heterocycles. The molecule has 27 heavy (non-hydrogen) atoms. The quantitative estimate of drug-likeness (QED) is 0.562. The van der Waals surface area contributed by atoms with Crippen LogP contribution in [0.4, 0.5) is 0 Å². The number of carbonyl (C=O) groups is 2. The molecule has 0 aliphatic rings. The van der Waals surface area contributed by atoms with Crippen molar-refractivity contribution in [1.29, 1.82) is 0 Å². The lowest BCUT2D eigenvalue weighted by Crippen LogP contribution is -2.13. The van der Waals surface area contributed by atoms with Gasteiger partial charge in [-0.2, -0.15) is 0 Å². The molecule has 0 bridgehead atoms. The number of hydrogen-bond donors (Lipinski definition) is 4. The number of aliphatic carboxylic acids is 1. The zero-order chi connectivity index (χ0) is 21.0. The van der Waals surface area contributed by atoms with Crippen LogP contribution in [0, 0.1) is 0 Å². The van der Waals surface area contributed by atoms with Gasteiger partial charge in [-0.15, -0.1) is 0 Å². The Labute approximate surface area is 166 Å². The SMILES string of the molecule is CO.COC(=O)[C@H](O)c1ccccc1Cl.O=C(O)[C@H](O)c1ccccc1Cl. The summed E-state index contributed by atoms with van der Waals surface area (Å²) in [5, 5.41) is 34.6. The highest BCUT2D eigenvalue weighted by Gasteiger charge is 2.19. The van der Waals surface area contributed by atoms with E-state index in [1.54, 1.807) is 36.4 Å². The first kappa shape index (κ1) is 24.8. The molecule has 148 valence electrons. The lowest BCUT2D eigenvalue weighted by Gasteiger charge is -2.09. The fraction of sp³-hybridized carbons (Fsp3) is 0.222. The number of carbonyl (C=O) groups excluding carboxylic acids is 1. The van der Waals surface area contributed by atoms with E-state index in [2.05, 4.69) is 4.74 Å². The molecule has 0 fully saturated rings. The van der Waals surface area contributed by atoms with Crippen LogP contribution in [0.3, 0.4) is 0 Å². The van der Waals surface area contributed by atoms with Crippen LogP contribution in [0.5, 0.6) is 0 Å². The summed E-state index contributed by atoms with van der Waals surface area (Å²) in [5.74, 6) is -2.02. The van der Waals surface area contributed by atoms with Crippen molar-refractivity contribution in [3.63, 3.8) is 0 Å². The first-order chi connectivity index (χ1) is 12.8. The van der Waals surface area contributed by atoms with E-state index < -0.39 is 24.1 Å². The highest BCUT2D eigenvalue weighted by atomic mass is 35.5. The van der Waals surface area contributed by atoms with Crippen LogP contribution in [-0.4, -0.2) is 46.6 Å². The van der Waals surface area contributed by atoms with Crippen LogP contribution in [0.1, 0.15) is 23.3 Å². The minimum atomic E-state index is -1.54. The van der Waals surface area contributed by atoms with Gasteiger partial charge in [0.2, 0.25) is 0 Å². The summed E-state index contributed by atoms with van der Waals surface area (Å²) < 4.78 is 4.37. The number of hydrogen-bond acceptors (Lipinski definition) is 6. The second kappa shape index (κ2) is 13.1. The number of ether oxygens (including phenoxy) is 1. The molecule has 0 unspecified atom stereocenters. The number of benzene rings is 2. The van der Waals surface area contributed by atoms with E-state index in [-0.39, 0.29) is 10.6 Å². The molecule has 7 nitrogen and oxygen atoms in total. The van der Waals surface area contributed by atoms with Crippen molar-refractivity contribution >= 4 is 35.1 Å². The maximum Gasteiger partial charge on any atom is 0.339 e. The van der Waals surface area contributed by atoms with Crippen LogP contribution in [-0.2, 0) is 14.3 Å². The van der Waals surface area contributed by atoms with E-state index in [1.165, 1.54) is 19.2 Å². The smallest absolute Gasteiger partial charge is 0.339 e. The molecule has 0 amide bonds. The van der Waals surface area contributed by atoms with E-state index in [1.807, 2.05) is 0 Å². The van der Waals surface area contributed by atoms with Gasteiger partial charge in [0.05, 0.1) is 7.11 Å². The molecule has 2 aromatic carbocycles. The topological polar surface area (TPSA) is 124 Å². The molecular formula is C18H20Cl2O7. The average molecular weight is 419 g/mol. The van der Waals surface area contributed by atoms with Gasteiger partial charge in [-0.3, -0.25) is 0 Å². The fourth-order valence-corrected chi connectivity index (χ4v) is 2.24. The van der Waals surface area contributed by atoms with Gasteiger partial charge in [0.25, 0.3) is 0 Å². The molecule has 0 aromatic heterocycles. The minimum absolute atomic E-state index is 0.215. The summed E-state index contributed by atoms with van der Waals surface area (Å²) in [4.78, 5) is 21.3. The van der Waals surface area contributed by atoms with E-state index in [4.69, 9.17) is 38.5 Å². The highest BCUT2D eigenvalue weighted by Crippen LogP contribution is 2.23. The predicted octanol–water partition coefficient (Wildman–Crippen LogP) is 2.61. The molecule has 0 aliphatic heterocycles. The van der Waals surface area contributed by atoms with Gasteiger partial charge in [0, 0.05) is 28.3 Å². The molecule has 4 N–H and O–H groups in total. The normalized spacial score (nSPS) is 11.7. The predicted molar refractivity (Wildman–Crippen MR) is 101 cm³/mol. The van der Waals surface area contributed by atoms with Crippen LogP contribution in [0.2, 0.25) is 10.0 Å². The van der Waals surface area contributed by atoms with E-state index in [9.17, 15) is 14.7 Å². The molecule has 2 atom stereocenters. The molecule has 0 radical (unpaired) electrons. The molecule has 0 saturated heterocycles. The Morgan fingerprint density at radius 2 is 1.22 bits per heavy atom. The van der Waals surface area contributed by atoms with E-state index in [0.29, 0.717) is 10.6 Å². The van der Waals surface area contributed by atoms with Gasteiger partial charge < -0.3 is 25.2 Å². The number of rotatable bonds is 4. The van der Waals surface area contributed by atoms with Gasteiger partial charge in [0.1, 0.15) is 0 Å². The summed E-state index contributed by atoms with van der Waals surface area (Å²) in [7, 11) is 2.21. The Balaban J connectivity index is 0.000000460. The van der Waals surface area contributed by atoms with Crippen LogP contribution < -0.4 is 0 Å². The molecular weight excluding hydrogens is 399 g/mol. The first-order valence-corrected chi connectivity index (χ1v) is 8.15. The van der Waals surface area contributed by atoms with Crippen molar-refractivity contribution < 1.29 is 34.8 Å². The van der Waals surface area contributed by atoms with Crippen molar-refractivity contribution in [3.05, 3.63) is 69.7 Å². The van der Waals surface area contributed by atoms with Gasteiger partial charge in [-0.25, -0.2) is 9.59 Å². The van der Waals surface area contributed by atoms with Gasteiger partial charge >= 0.3 is 11.9 Å². The third kappa shape index (κ3) is 7.94. The second-order valence-electron chi connectivity index (χ2n) is 4.71. The zero-order valence-electron chi connectivity index (χ0n) is 14.5. The van der Waals surface area contributed by atoms with Crippen molar-refractivity contribution in [1.82, 2.24) is 0 Å². The average Bonchev–Trinajstić information content (AvgIpc) is 2.69. The number of esters is 1. The highest BCUT2D eigenvalue weighted by molar-refractivity contribution is 6.31. The molecule has 0 spiro atoms. The summed E-state index contributed by atoms with van der Waals surface area (Å²) in [6, 6.07) is 12.9. The summed E-state index contributed by atoms with van der Waals surface area (Å²) in [6.45, 7) is 0.